The third-order valence-corrected chi connectivity index (χ3v) is 5.49. The first-order valence-corrected chi connectivity index (χ1v) is 9.75. The standard InChI is InChI=1S/C23H22N4O2/c1-29-18-9-5-8-17(12-18)21-15-27-22(24-21)19-14-26(11-10-20(19)25-23(27)28)13-16-6-3-2-4-7-16/h2-9,12,15H,10-11,13-14H2,1H3,(H,25,28). The molecule has 0 saturated carbocycles. The lowest BCUT2D eigenvalue weighted by Crippen LogP contribution is -2.33. The maximum Gasteiger partial charge on any atom is 0.331 e. The molecule has 0 amide bonds. The predicted molar refractivity (Wildman–Crippen MR) is 112 cm³/mol. The Morgan fingerprint density at radius 2 is 2.00 bits per heavy atom. The molecule has 2 aromatic heterocycles. The zero-order chi connectivity index (χ0) is 19.8. The molecule has 3 heterocycles. The molecule has 0 radical (unpaired) electrons. The molecule has 0 fully saturated rings. The van der Waals surface area contributed by atoms with E-state index in [1.165, 1.54) is 5.56 Å². The average molecular weight is 386 g/mol. The van der Waals surface area contributed by atoms with Gasteiger partial charge in [-0.2, -0.15) is 0 Å². The van der Waals surface area contributed by atoms with E-state index in [2.05, 4.69) is 34.1 Å². The monoisotopic (exact) mass is 386 g/mol. The van der Waals surface area contributed by atoms with Gasteiger partial charge in [0.2, 0.25) is 0 Å². The summed E-state index contributed by atoms with van der Waals surface area (Å²) in [7, 11) is 1.64. The molecule has 6 heteroatoms. The summed E-state index contributed by atoms with van der Waals surface area (Å²) in [6.45, 7) is 2.56. The lowest BCUT2D eigenvalue weighted by molar-refractivity contribution is 0.243. The second kappa shape index (κ2) is 7.22. The third kappa shape index (κ3) is 3.32. The number of rotatable bonds is 4. The van der Waals surface area contributed by atoms with E-state index < -0.39 is 0 Å². The summed E-state index contributed by atoms with van der Waals surface area (Å²) < 4.78 is 6.95. The van der Waals surface area contributed by atoms with E-state index >= 15 is 0 Å². The van der Waals surface area contributed by atoms with Gasteiger partial charge in [-0.15, -0.1) is 0 Å². The van der Waals surface area contributed by atoms with Crippen molar-refractivity contribution in [2.45, 2.75) is 19.5 Å². The van der Waals surface area contributed by atoms with Crippen LogP contribution in [0.5, 0.6) is 5.75 Å². The van der Waals surface area contributed by atoms with Gasteiger partial charge in [-0.25, -0.2) is 9.78 Å². The van der Waals surface area contributed by atoms with Gasteiger partial charge >= 0.3 is 5.69 Å². The number of hydrogen-bond acceptors (Lipinski definition) is 4. The molecule has 4 aromatic rings. The number of fused-ring (bicyclic) bond motifs is 3. The summed E-state index contributed by atoms with van der Waals surface area (Å²) in [6.07, 6.45) is 2.62. The largest absolute Gasteiger partial charge is 0.497 e. The molecule has 1 aliphatic heterocycles. The Morgan fingerprint density at radius 1 is 1.14 bits per heavy atom. The minimum atomic E-state index is -0.142. The summed E-state index contributed by atoms with van der Waals surface area (Å²) in [5.74, 6) is 0.768. The average Bonchev–Trinajstić information content (AvgIpc) is 3.22. The number of aromatic nitrogens is 3. The second-order valence-corrected chi connectivity index (χ2v) is 7.39. The molecule has 0 spiro atoms. The van der Waals surface area contributed by atoms with Crippen molar-refractivity contribution in [3.05, 3.63) is 88.1 Å². The van der Waals surface area contributed by atoms with Crippen LogP contribution in [0.1, 0.15) is 16.8 Å². The molecule has 1 aliphatic rings. The van der Waals surface area contributed by atoms with Crippen LogP contribution in [-0.4, -0.2) is 32.9 Å². The van der Waals surface area contributed by atoms with Gasteiger partial charge in [-0.1, -0.05) is 42.5 Å². The molecule has 2 aromatic carbocycles. The van der Waals surface area contributed by atoms with E-state index in [1.54, 1.807) is 17.7 Å². The molecule has 6 nitrogen and oxygen atoms in total. The van der Waals surface area contributed by atoms with Crippen molar-refractivity contribution >= 4 is 5.65 Å². The molecular weight excluding hydrogens is 364 g/mol. The molecule has 29 heavy (non-hydrogen) atoms. The first-order chi connectivity index (χ1) is 14.2. The fraction of sp³-hybridized carbons (Fsp3) is 0.217. The van der Waals surface area contributed by atoms with E-state index in [9.17, 15) is 4.79 Å². The number of ether oxygens (including phenoxy) is 1. The number of benzene rings is 2. The van der Waals surface area contributed by atoms with Crippen LogP contribution in [0.2, 0.25) is 0 Å². The summed E-state index contributed by atoms with van der Waals surface area (Å²) in [5.41, 5.74) is 5.67. The second-order valence-electron chi connectivity index (χ2n) is 7.39. The zero-order valence-electron chi connectivity index (χ0n) is 16.3. The van der Waals surface area contributed by atoms with Crippen molar-refractivity contribution < 1.29 is 4.74 Å². The van der Waals surface area contributed by atoms with Gasteiger partial charge in [0.25, 0.3) is 0 Å². The number of hydrogen-bond donors (Lipinski definition) is 1. The lowest BCUT2D eigenvalue weighted by atomic mass is 10.1. The number of nitrogens with zero attached hydrogens (tertiary/aromatic N) is 3. The van der Waals surface area contributed by atoms with Crippen molar-refractivity contribution in [1.82, 2.24) is 19.3 Å². The fourth-order valence-corrected chi connectivity index (χ4v) is 4.00. The normalized spacial score (nSPS) is 14.1. The van der Waals surface area contributed by atoms with Crippen LogP contribution in [0.15, 0.2) is 65.6 Å². The van der Waals surface area contributed by atoms with Crippen LogP contribution in [-0.2, 0) is 19.5 Å². The Balaban J connectivity index is 1.54. The Morgan fingerprint density at radius 3 is 2.83 bits per heavy atom. The molecule has 0 aliphatic carbocycles. The first kappa shape index (κ1) is 17.7. The van der Waals surface area contributed by atoms with Crippen molar-refractivity contribution in [3.8, 4) is 17.0 Å². The molecule has 0 atom stereocenters. The fourth-order valence-electron chi connectivity index (χ4n) is 4.00. The summed E-state index contributed by atoms with van der Waals surface area (Å²) in [6, 6.07) is 18.2. The minimum absolute atomic E-state index is 0.142. The van der Waals surface area contributed by atoms with Crippen LogP contribution < -0.4 is 10.4 Å². The summed E-state index contributed by atoms with van der Waals surface area (Å²) in [5, 5.41) is 0. The topological polar surface area (TPSA) is 62.6 Å². The zero-order valence-corrected chi connectivity index (χ0v) is 16.3. The lowest BCUT2D eigenvalue weighted by Gasteiger charge is -2.28. The van der Waals surface area contributed by atoms with Gasteiger partial charge in [-0.05, 0) is 17.7 Å². The van der Waals surface area contributed by atoms with Gasteiger partial charge in [-0.3, -0.25) is 9.30 Å². The molecule has 1 N–H and O–H groups in total. The number of methoxy groups -OCH3 is 1. The van der Waals surface area contributed by atoms with Crippen LogP contribution in [0.25, 0.3) is 16.9 Å². The van der Waals surface area contributed by atoms with Gasteiger partial charge < -0.3 is 9.72 Å². The number of aromatic amines is 1. The van der Waals surface area contributed by atoms with Crippen LogP contribution in [0, 0.1) is 0 Å². The van der Waals surface area contributed by atoms with Gasteiger partial charge in [0.15, 0.2) is 0 Å². The van der Waals surface area contributed by atoms with Gasteiger partial charge in [0.1, 0.15) is 11.4 Å². The highest BCUT2D eigenvalue weighted by atomic mass is 16.5. The number of nitrogens with one attached hydrogen (secondary N) is 1. The Labute approximate surface area is 168 Å². The molecule has 146 valence electrons. The van der Waals surface area contributed by atoms with E-state index in [0.29, 0.717) is 0 Å². The molecule has 0 unspecified atom stereocenters. The Hall–Kier alpha value is -3.38. The van der Waals surface area contributed by atoms with Crippen molar-refractivity contribution in [2.75, 3.05) is 13.7 Å². The minimum Gasteiger partial charge on any atom is -0.497 e. The van der Waals surface area contributed by atoms with Crippen molar-refractivity contribution in [3.63, 3.8) is 0 Å². The van der Waals surface area contributed by atoms with E-state index in [1.807, 2.05) is 30.3 Å². The first-order valence-electron chi connectivity index (χ1n) is 9.75. The van der Waals surface area contributed by atoms with Crippen molar-refractivity contribution in [1.29, 1.82) is 0 Å². The van der Waals surface area contributed by atoms with Crippen molar-refractivity contribution in [2.24, 2.45) is 0 Å². The van der Waals surface area contributed by atoms with Gasteiger partial charge in [0, 0.05) is 49.1 Å². The molecule has 0 saturated heterocycles. The maximum absolute atomic E-state index is 12.6. The summed E-state index contributed by atoms with van der Waals surface area (Å²) >= 11 is 0. The molecule has 0 bridgehead atoms. The number of imidazole rings is 1. The highest BCUT2D eigenvalue weighted by Crippen LogP contribution is 2.26. The Bertz CT molecular complexity index is 1230. The highest BCUT2D eigenvalue weighted by molar-refractivity contribution is 5.66. The van der Waals surface area contributed by atoms with E-state index in [4.69, 9.17) is 9.72 Å². The highest BCUT2D eigenvalue weighted by Gasteiger charge is 2.22. The summed E-state index contributed by atoms with van der Waals surface area (Å²) in [4.78, 5) is 22.9. The number of H-pyrrole nitrogens is 1. The van der Waals surface area contributed by atoms with Crippen LogP contribution >= 0.6 is 0 Å². The van der Waals surface area contributed by atoms with E-state index in [-0.39, 0.29) is 5.69 Å². The van der Waals surface area contributed by atoms with Gasteiger partial charge in [0.05, 0.1) is 12.8 Å². The Kier molecular flexibility index (Phi) is 4.41. The molecular formula is C23H22N4O2. The SMILES string of the molecule is COc1cccc(-c2cn3c(=O)[nH]c4c(c3n2)CN(Cc2ccccc2)CC4)c1. The quantitative estimate of drug-likeness (QED) is 0.585. The maximum atomic E-state index is 12.6. The predicted octanol–water partition coefficient (Wildman–Crippen LogP) is 3.26. The third-order valence-electron chi connectivity index (χ3n) is 5.49. The molecule has 5 rings (SSSR count). The van der Waals surface area contributed by atoms with Crippen LogP contribution in [0.3, 0.4) is 0 Å². The van der Waals surface area contributed by atoms with E-state index in [0.717, 1.165) is 60.0 Å². The smallest absolute Gasteiger partial charge is 0.331 e. The van der Waals surface area contributed by atoms with Crippen LogP contribution in [0.4, 0.5) is 0 Å².